The molecule has 0 bridgehead atoms. The van der Waals surface area contributed by atoms with E-state index in [2.05, 4.69) is 20.2 Å². The molecule has 1 aliphatic heterocycles. The van der Waals surface area contributed by atoms with Crippen molar-refractivity contribution in [2.24, 2.45) is 0 Å². The normalized spacial score (nSPS) is 16.1. The van der Waals surface area contributed by atoms with Gasteiger partial charge in [0.25, 0.3) is 0 Å². The Morgan fingerprint density at radius 2 is 2.12 bits per heavy atom. The minimum absolute atomic E-state index is 0.0670. The largest absolute Gasteiger partial charge is 0.496 e. The topological polar surface area (TPSA) is 85.2 Å². The summed E-state index contributed by atoms with van der Waals surface area (Å²) in [4.78, 5) is 28.4. The maximum atomic E-state index is 12.7. The molecular formula is C24H30N6O2. The number of imidazole rings is 1. The van der Waals surface area contributed by atoms with Crippen LogP contribution in [0.25, 0.3) is 5.95 Å². The third-order valence-corrected chi connectivity index (χ3v) is 5.82. The summed E-state index contributed by atoms with van der Waals surface area (Å²) in [7, 11) is 1.67. The Hall–Kier alpha value is -3.42. The first-order chi connectivity index (χ1) is 15.6. The molecule has 0 aliphatic carbocycles. The number of amides is 1. The third kappa shape index (κ3) is 5.25. The highest BCUT2D eigenvalue weighted by Crippen LogP contribution is 2.26. The van der Waals surface area contributed by atoms with Crippen molar-refractivity contribution in [1.82, 2.24) is 24.8 Å². The molecule has 4 rings (SSSR count). The molecule has 0 spiro atoms. The summed E-state index contributed by atoms with van der Waals surface area (Å²) < 4.78 is 7.20. The van der Waals surface area contributed by atoms with Crippen LogP contribution in [-0.4, -0.2) is 51.7 Å². The predicted molar refractivity (Wildman–Crippen MR) is 123 cm³/mol. The molecule has 1 aromatic carbocycles. The average Bonchev–Trinajstić information content (AvgIpc) is 3.34. The molecule has 0 saturated carbocycles. The molecule has 168 valence electrons. The van der Waals surface area contributed by atoms with Gasteiger partial charge in [0.15, 0.2) is 0 Å². The standard InChI is InChI=1S/C24H30N6O2/c1-18-15-22(28-24(27-18)29-14-12-25-17-29)30-13-6-5-8-20(30)16-23(31)26-11-10-19-7-3-4-9-21(19)32-2/h3-4,7,9,12,14-15,17,20H,5-6,8,10-11,13,16H2,1-2H3,(H,26,31). The van der Waals surface area contributed by atoms with Crippen molar-refractivity contribution in [3.8, 4) is 11.7 Å². The zero-order valence-electron chi connectivity index (χ0n) is 18.7. The summed E-state index contributed by atoms with van der Waals surface area (Å²) in [5, 5.41) is 3.08. The van der Waals surface area contributed by atoms with E-state index in [0.29, 0.717) is 18.9 Å². The van der Waals surface area contributed by atoms with Crippen molar-refractivity contribution < 1.29 is 9.53 Å². The highest BCUT2D eigenvalue weighted by molar-refractivity contribution is 5.77. The van der Waals surface area contributed by atoms with E-state index in [9.17, 15) is 4.79 Å². The molecule has 1 aliphatic rings. The van der Waals surface area contributed by atoms with Crippen LogP contribution >= 0.6 is 0 Å². The quantitative estimate of drug-likeness (QED) is 0.586. The zero-order chi connectivity index (χ0) is 22.3. The van der Waals surface area contributed by atoms with Gasteiger partial charge >= 0.3 is 0 Å². The number of aryl methyl sites for hydroxylation is 1. The number of hydrogen-bond donors (Lipinski definition) is 1. The van der Waals surface area contributed by atoms with Gasteiger partial charge in [-0.1, -0.05) is 18.2 Å². The molecule has 32 heavy (non-hydrogen) atoms. The highest BCUT2D eigenvalue weighted by atomic mass is 16.5. The second kappa shape index (κ2) is 10.3. The van der Waals surface area contributed by atoms with Crippen molar-refractivity contribution in [3.05, 3.63) is 60.3 Å². The second-order valence-electron chi connectivity index (χ2n) is 8.10. The lowest BCUT2D eigenvalue weighted by Crippen LogP contribution is -2.43. The molecule has 1 fully saturated rings. The van der Waals surface area contributed by atoms with Gasteiger partial charge in [-0.25, -0.2) is 9.97 Å². The molecule has 8 heteroatoms. The average molecular weight is 435 g/mol. The molecule has 1 atom stereocenters. The number of aromatic nitrogens is 4. The van der Waals surface area contributed by atoms with E-state index >= 15 is 0 Å². The Morgan fingerprint density at radius 1 is 1.25 bits per heavy atom. The van der Waals surface area contributed by atoms with Gasteiger partial charge in [0.1, 0.15) is 17.9 Å². The Morgan fingerprint density at radius 3 is 2.94 bits per heavy atom. The van der Waals surface area contributed by atoms with Crippen molar-refractivity contribution >= 4 is 11.7 Å². The fraction of sp³-hybridized carbons (Fsp3) is 0.417. The fourth-order valence-electron chi connectivity index (χ4n) is 4.22. The van der Waals surface area contributed by atoms with E-state index in [1.807, 2.05) is 43.5 Å². The van der Waals surface area contributed by atoms with Crippen LogP contribution in [0.5, 0.6) is 5.75 Å². The van der Waals surface area contributed by atoms with Crippen molar-refractivity contribution in [2.45, 2.75) is 45.1 Å². The van der Waals surface area contributed by atoms with E-state index in [0.717, 1.165) is 55.1 Å². The lowest BCUT2D eigenvalue weighted by molar-refractivity contribution is -0.121. The van der Waals surface area contributed by atoms with Crippen LogP contribution in [0.15, 0.2) is 49.1 Å². The maximum Gasteiger partial charge on any atom is 0.237 e. The lowest BCUT2D eigenvalue weighted by Gasteiger charge is -2.36. The summed E-state index contributed by atoms with van der Waals surface area (Å²) in [5.41, 5.74) is 1.99. The molecule has 1 unspecified atom stereocenters. The minimum atomic E-state index is 0.0670. The van der Waals surface area contributed by atoms with Crippen LogP contribution in [0, 0.1) is 6.92 Å². The summed E-state index contributed by atoms with van der Waals surface area (Å²) >= 11 is 0. The van der Waals surface area contributed by atoms with Crippen LogP contribution in [0.1, 0.15) is 36.9 Å². The molecular weight excluding hydrogens is 404 g/mol. The van der Waals surface area contributed by atoms with Crippen molar-refractivity contribution in [1.29, 1.82) is 0 Å². The number of hydrogen-bond acceptors (Lipinski definition) is 6. The summed E-state index contributed by atoms with van der Waals surface area (Å²) in [6.07, 6.45) is 9.62. The van der Waals surface area contributed by atoms with Crippen molar-refractivity contribution in [3.63, 3.8) is 0 Å². The Balaban J connectivity index is 1.40. The van der Waals surface area contributed by atoms with Gasteiger partial charge in [-0.3, -0.25) is 9.36 Å². The SMILES string of the molecule is COc1ccccc1CCNC(=O)CC1CCCCN1c1cc(C)nc(-n2ccnc2)n1. The number of carbonyl (C=O) groups excluding carboxylic acids is 1. The number of ether oxygens (including phenoxy) is 1. The van der Waals surface area contributed by atoms with E-state index in [-0.39, 0.29) is 11.9 Å². The van der Waals surface area contributed by atoms with Gasteiger partial charge < -0.3 is 15.0 Å². The van der Waals surface area contributed by atoms with Crippen LogP contribution in [0.4, 0.5) is 5.82 Å². The zero-order valence-corrected chi connectivity index (χ0v) is 18.7. The molecule has 8 nitrogen and oxygen atoms in total. The number of anilines is 1. The van der Waals surface area contributed by atoms with Gasteiger partial charge in [-0.2, -0.15) is 4.98 Å². The minimum Gasteiger partial charge on any atom is -0.496 e. The van der Waals surface area contributed by atoms with Gasteiger partial charge in [0, 0.05) is 49.7 Å². The van der Waals surface area contributed by atoms with Crippen LogP contribution in [0.2, 0.25) is 0 Å². The Labute approximate surface area is 188 Å². The van der Waals surface area contributed by atoms with Gasteiger partial charge in [0.05, 0.1) is 7.11 Å². The fourth-order valence-corrected chi connectivity index (χ4v) is 4.22. The number of rotatable bonds is 8. The number of piperidine rings is 1. The first-order valence-electron chi connectivity index (χ1n) is 11.1. The van der Waals surface area contributed by atoms with Crippen molar-refractivity contribution in [2.75, 3.05) is 25.1 Å². The number of benzene rings is 1. The first-order valence-corrected chi connectivity index (χ1v) is 11.1. The van der Waals surface area contributed by atoms with Gasteiger partial charge in [0.2, 0.25) is 11.9 Å². The number of nitrogens with zero attached hydrogens (tertiary/aromatic N) is 5. The number of nitrogens with one attached hydrogen (secondary N) is 1. The molecule has 1 saturated heterocycles. The van der Waals surface area contributed by atoms with Crippen LogP contribution in [0.3, 0.4) is 0 Å². The molecule has 3 aromatic rings. The summed E-state index contributed by atoms with van der Waals surface area (Å²) in [6.45, 7) is 3.44. The maximum absolute atomic E-state index is 12.7. The molecule has 2 aromatic heterocycles. The van der Waals surface area contributed by atoms with Gasteiger partial charge in [-0.05, 0) is 44.2 Å². The molecule has 0 radical (unpaired) electrons. The molecule has 1 N–H and O–H groups in total. The molecule has 3 heterocycles. The van der Waals surface area contributed by atoms with Crippen LogP contribution in [-0.2, 0) is 11.2 Å². The summed E-state index contributed by atoms with van der Waals surface area (Å²) in [5.74, 6) is 2.39. The Bertz CT molecular complexity index is 1040. The predicted octanol–water partition coefficient (Wildman–Crippen LogP) is 3.09. The highest BCUT2D eigenvalue weighted by Gasteiger charge is 2.26. The summed E-state index contributed by atoms with van der Waals surface area (Å²) in [6, 6.07) is 10.0. The van der Waals surface area contributed by atoms with E-state index in [1.165, 1.54) is 0 Å². The molecule has 1 amide bonds. The smallest absolute Gasteiger partial charge is 0.237 e. The van der Waals surface area contributed by atoms with Gasteiger partial charge in [-0.15, -0.1) is 0 Å². The lowest BCUT2D eigenvalue weighted by atomic mass is 9.99. The Kier molecular flexibility index (Phi) is 6.99. The number of para-hydroxylation sites is 1. The van der Waals surface area contributed by atoms with E-state index < -0.39 is 0 Å². The third-order valence-electron chi connectivity index (χ3n) is 5.82. The monoisotopic (exact) mass is 434 g/mol. The first kappa shape index (κ1) is 21.8. The second-order valence-corrected chi connectivity index (χ2v) is 8.10. The van der Waals surface area contributed by atoms with E-state index in [4.69, 9.17) is 9.72 Å². The van der Waals surface area contributed by atoms with Crippen LogP contribution < -0.4 is 15.0 Å². The number of carbonyl (C=O) groups is 1. The van der Waals surface area contributed by atoms with E-state index in [1.54, 1.807) is 24.2 Å². The number of methoxy groups -OCH3 is 1.